The Balaban J connectivity index is 2.05. The number of aromatic amines is 1. The van der Waals surface area contributed by atoms with Gasteiger partial charge in [-0.3, -0.25) is 0 Å². The number of aromatic hydroxyl groups is 1. The Morgan fingerprint density at radius 1 is 1.15 bits per heavy atom. The summed E-state index contributed by atoms with van der Waals surface area (Å²) in [4.78, 5) is 7.31. The van der Waals surface area contributed by atoms with Gasteiger partial charge in [-0.2, -0.15) is 0 Å². The van der Waals surface area contributed by atoms with E-state index in [1.807, 2.05) is 30.3 Å². The first kappa shape index (κ1) is 10.9. The van der Waals surface area contributed by atoms with E-state index in [9.17, 15) is 5.11 Å². The van der Waals surface area contributed by atoms with Gasteiger partial charge >= 0.3 is 0 Å². The summed E-state index contributed by atoms with van der Waals surface area (Å²) < 4.78 is 5.71. The Labute approximate surface area is 113 Å². The van der Waals surface area contributed by atoms with Crippen molar-refractivity contribution >= 4 is 27.7 Å². The molecule has 2 aromatic carbocycles. The smallest absolute Gasteiger partial charge is 0.233 e. The van der Waals surface area contributed by atoms with Crippen molar-refractivity contribution in [3.05, 3.63) is 42.5 Å². The van der Waals surface area contributed by atoms with E-state index in [2.05, 4.69) is 9.97 Å². The quantitative estimate of drug-likeness (QED) is 0.461. The predicted molar refractivity (Wildman–Crippen MR) is 77.4 cm³/mol. The summed E-state index contributed by atoms with van der Waals surface area (Å²) in [5.41, 5.74) is 9.18. The second-order valence-corrected chi connectivity index (χ2v) is 4.64. The van der Waals surface area contributed by atoms with Crippen molar-refractivity contribution < 1.29 is 9.52 Å². The summed E-state index contributed by atoms with van der Waals surface area (Å²) in [6, 6.07) is 12.8. The van der Waals surface area contributed by atoms with Crippen LogP contribution in [0, 0.1) is 0 Å². The van der Waals surface area contributed by atoms with Gasteiger partial charge in [0.25, 0.3) is 0 Å². The lowest BCUT2D eigenvalue weighted by Crippen LogP contribution is -1.83. The van der Waals surface area contributed by atoms with E-state index in [1.165, 1.54) is 0 Å². The van der Waals surface area contributed by atoms with Gasteiger partial charge in [0.15, 0.2) is 5.58 Å². The molecule has 0 aliphatic rings. The Morgan fingerprint density at radius 2 is 2.00 bits per heavy atom. The molecule has 0 saturated heterocycles. The molecular weight excluding hydrogens is 254 g/mol. The van der Waals surface area contributed by atoms with Crippen LogP contribution in [0.25, 0.3) is 33.5 Å². The summed E-state index contributed by atoms with van der Waals surface area (Å²) in [5, 5.41) is 10.9. The topological polar surface area (TPSA) is 88.1 Å². The van der Waals surface area contributed by atoms with Gasteiger partial charge in [0.05, 0.1) is 0 Å². The maximum absolute atomic E-state index is 10.1. The minimum absolute atomic E-state index is 0.0251. The van der Waals surface area contributed by atoms with Crippen LogP contribution in [0.3, 0.4) is 0 Å². The van der Waals surface area contributed by atoms with Crippen LogP contribution in [0.1, 0.15) is 0 Å². The number of anilines is 1. The number of benzene rings is 2. The molecule has 0 saturated carbocycles. The molecule has 0 unspecified atom stereocenters. The molecule has 4 N–H and O–H groups in total. The fourth-order valence-corrected chi connectivity index (χ4v) is 2.39. The summed E-state index contributed by atoms with van der Waals surface area (Å²) >= 11 is 0. The average Bonchev–Trinajstić information content (AvgIpc) is 2.97. The number of hydrogen-bond donors (Lipinski definition) is 3. The van der Waals surface area contributed by atoms with E-state index in [0.717, 1.165) is 16.4 Å². The zero-order valence-electron chi connectivity index (χ0n) is 10.4. The van der Waals surface area contributed by atoms with Crippen LogP contribution in [-0.2, 0) is 0 Å². The van der Waals surface area contributed by atoms with E-state index in [1.54, 1.807) is 12.1 Å². The third-order valence-corrected chi connectivity index (χ3v) is 3.31. The van der Waals surface area contributed by atoms with Crippen LogP contribution in [0.15, 0.2) is 46.9 Å². The molecule has 2 aromatic heterocycles. The molecule has 5 nitrogen and oxygen atoms in total. The van der Waals surface area contributed by atoms with Gasteiger partial charge in [-0.05, 0) is 30.3 Å². The SMILES string of the molecule is Nc1ccc2[nH]c(O)c(-c3nc4ccccc4o3)c2c1. The molecule has 20 heavy (non-hydrogen) atoms. The van der Waals surface area contributed by atoms with Gasteiger partial charge in [-0.1, -0.05) is 12.1 Å². The molecule has 0 atom stereocenters. The lowest BCUT2D eigenvalue weighted by atomic mass is 10.1. The van der Waals surface area contributed by atoms with Crippen LogP contribution in [-0.4, -0.2) is 15.1 Å². The zero-order chi connectivity index (χ0) is 13.7. The maximum Gasteiger partial charge on any atom is 0.233 e. The minimum Gasteiger partial charge on any atom is -0.494 e. The van der Waals surface area contributed by atoms with Crippen molar-refractivity contribution in [3.8, 4) is 17.3 Å². The number of H-pyrrole nitrogens is 1. The van der Waals surface area contributed by atoms with Crippen LogP contribution >= 0.6 is 0 Å². The molecule has 0 aliphatic carbocycles. The number of aromatic nitrogens is 2. The number of oxazole rings is 1. The molecule has 5 heteroatoms. The third kappa shape index (κ3) is 1.46. The maximum atomic E-state index is 10.1. The second kappa shape index (κ2) is 3.77. The standard InChI is InChI=1S/C15H11N3O2/c16-8-5-6-10-9(7-8)13(14(19)17-10)15-18-11-3-1-2-4-12(11)20-15/h1-7,17,19H,16H2. The van der Waals surface area contributed by atoms with Crippen molar-refractivity contribution in [1.29, 1.82) is 0 Å². The first-order valence-electron chi connectivity index (χ1n) is 6.18. The van der Waals surface area contributed by atoms with Gasteiger partial charge in [-0.15, -0.1) is 0 Å². The van der Waals surface area contributed by atoms with Gasteiger partial charge in [-0.25, -0.2) is 4.98 Å². The number of rotatable bonds is 1. The Bertz CT molecular complexity index is 904. The molecule has 2 heterocycles. The number of nitrogen functional groups attached to an aromatic ring is 1. The van der Waals surface area contributed by atoms with Crippen molar-refractivity contribution in [3.63, 3.8) is 0 Å². The zero-order valence-corrected chi connectivity index (χ0v) is 10.4. The molecule has 0 spiro atoms. The first-order chi connectivity index (χ1) is 9.72. The number of nitrogens with two attached hydrogens (primary N) is 1. The monoisotopic (exact) mass is 265 g/mol. The lowest BCUT2D eigenvalue weighted by molar-refractivity contribution is 0.457. The largest absolute Gasteiger partial charge is 0.494 e. The fraction of sp³-hybridized carbons (Fsp3) is 0. The number of nitrogens with one attached hydrogen (secondary N) is 1. The summed E-state index contributed by atoms with van der Waals surface area (Å²) in [6.45, 7) is 0. The molecule has 0 amide bonds. The van der Waals surface area contributed by atoms with E-state index < -0.39 is 0 Å². The predicted octanol–water partition coefficient (Wildman–Crippen LogP) is 3.26. The fourth-order valence-electron chi connectivity index (χ4n) is 2.39. The van der Waals surface area contributed by atoms with Crippen LogP contribution in [0.5, 0.6) is 5.88 Å². The molecule has 0 radical (unpaired) electrons. The third-order valence-electron chi connectivity index (χ3n) is 3.31. The van der Waals surface area contributed by atoms with Gasteiger partial charge < -0.3 is 20.2 Å². The highest BCUT2D eigenvalue weighted by atomic mass is 16.3. The minimum atomic E-state index is 0.0251. The van der Waals surface area contributed by atoms with Crippen molar-refractivity contribution in [1.82, 2.24) is 9.97 Å². The van der Waals surface area contributed by atoms with Gasteiger partial charge in [0, 0.05) is 16.6 Å². The number of para-hydroxylation sites is 2. The van der Waals surface area contributed by atoms with Crippen LogP contribution < -0.4 is 5.73 Å². The Hall–Kier alpha value is -2.95. The molecule has 4 aromatic rings. The second-order valence-electron chi connectivity index (χ2n) is 4.64. The molecular formula is C15H11N3O2. The first-order valence-corrected chi connectivity index (χ1v) is 6.18. The summed E-state index contributed by atoms with van der Waals surface area (Å²) in [7, 11) is 0. The van der Waals surface area contributed by atoms with Gasteiger partial charge in [0.1, 0.15) is 11.1 Å². The lowest BCUT2D eigenvalue weighted by Gasteiger charge is -1.95. The van der Waals surface area contributed by atoms with E-state index in [4.69, 9.17) is 10.2 Å². The summed E-state index contributed by atoms with van der Waals surface area (Å²) in [6.07, 6.45) is 0. The number of fused-ring (bicyclic) bond motifs is 2. The number of nitrogens with zero attached hydrogens (tertiary/aromatic N) is 1. The van der Waals surface area contributed by atoms with Gasteiger partial charge in [0.2, 0.25) is 11.8 Å². The van der Waals surface area contributed by atoms with Crippen molar-refractivity contribution in [2.75, 3.05) is 5.73 Å². The molecule has 4 rings (SSSR count). The normalized spacial score (nSPS) is 11.4. The van der Waals surface area contributed by atoms with E-state index >= 15 is 0 Å². The molecule has 0 bridgehead atoms. The van der Waals surface area contributed by atoms with Crippen molar-refractivity contribution in [2.24, 2.45) is 0 Å². The van der Waals surface area contributed by atoms with Crippen molar-refractivity contribution in [2.45, 2.75) is 0 Å². The Morgan fingerprint density at radius 3 is 2.85 bits per heavy atom. The van der Waals surface area contributed by atoms with Crippen LogP contribution in [0.4, 0.5) is 5.69 Å². The highest BCUT2D eigenvalue weighted by Crippen LogP contribution is 2.38. The average molecular weight is 265 g/mol. The highest BCUT2D eigenvalue weighted by molar-refractivity contribution is 5.99. The highest BCUT2D eigenvalue weighted by Gasteiger charge is 2.18. The molecule has 98 valence electrons. The molecule has 0 aliphatic heterocycles. The molecule has 0 fully saturated rings. The summed E-state index contributed by atoms with van der Waals surface area (Å²) in [5.74, 6) is 0.401. The van der Waals surface area contributed by atoms with Crippen LogP contribution in [0.2, 0.25) is 0 Å². The Kier molecular flexibility index (Phi) is 2.06. The number of hydrogen-bond acceptors (Lipinski definition) is 4. The van der Waals surface area contributed by atoms with E-state index in [-0.39, 0.29) is 5.88 Å². The van der Waals surface area contributed by atoms with E-state index in [0.29, 0.717) is 22.7 Å².